The highest BCUT2D eigenvalue weighted by Crippen LogP contribution is 2.36. The average Bonchev–Trinajstić information content (AvgIpc) is 2.65. The Bertz CT molecular complexity index is 1030. The molecule has 0 atom stereocenters. The molecule has 28 heavy (non-hydrogen) atoms. The number of primary amides is 1. The largest absolute Gasteiger partial charge is 0.486 e. The minimum atomic E-state index is -1.05. The summed E-state index contributed by atoms with van der Waals surface area (Å²) in [6.07, 6.45) is 1.31. The zero-order valence-corrected chi connectivity index (χ0v) is 17.4. The highest BCUT2D eigenvalue weighted by atomic mass is 79.9. The summed E-state index contributed by atoms with van der Waals surface area (Å²) in [7, 11) is 0. The van der Waals surface area contributed by atoms with Crippen molar-refractivity contribution in [2.75, 3.05) is 0 Å². The number of nitriles is 2. The standard InChI is InChI=1S/C19H12Br2N4O3/c20-15-6-11(5-14(9-23)18(26)25-19(24)27)7-16(21)17(15)28-10-13-4-2-1-3-12(13)8-22/h1-7H,10H2,(H3,24,25,26,27)/b14-5-. The number of ether oxygens (including phenoxy) is 1. The second-order valence-corrected chi connectivity index (χ2v) is 7.07. The van der Waals surface area contributed by atoms with Gasteiger partial charge in [-0.2, -0.15) is 10.5 Å². The van der Waals surface area contributed by atoms with E-state index in [0.717, 1.165) is 5.56 Å². The van der Waals surface area contributed by atoms with Gasteiger partial charge in [0.05, 0.1) is 20.6 Å². The molecule has 0 spiro atoms. The Balaban J connectivity index is 2.26. The highest BCUT2D eigenvalue weighted by Gasteiger charge is 2.14. The lowest BCUT2D eigenvalue weighted by Crippen LogP contribution is -2.35. The van der Waals surface area contributed by atoms with E-state index in [4.69, 9.17) is 21.0 Å². The number of nitrogens with zero attached hydrogens (tertiary/aromatic N) is 2. The Labute approximate surface area is 177 Å². The Morgan fingerprint density at radius 1 is 1.18 bits per heavy atom. The molecule has 0 aromatic heterocycles. The number of hydrogen-bond donors (Lipinski definition) is 2. The third-order valence-corrected chi connectivity index (χ3v) is 4.62. The minimum Gasteiger partial charge on any atom is -0.486 e. The minimum absolute atomic E-state index is 0.181. The normalized spacial score (nSPS) is 10.5. The van der Waals surface area contributed by atoms with Crippen LogP contribution in [0.2, 0.25) is 0 Å². The average molecular weight is 504 g/mol. The fourth-order valence-corrected chi connectivity index (χ4v) is 3.65. The molecular weight excluding hydrogens is 492 g/mol. The van der Waals surface area contributed by atoms with Gasteiger partial charge in [0.2, 0.25) is 0 Å². The van der Waals surface area contributed by atoms with Gasteiger partial charge < -0.3 is 10.5 Å². The summed E-state index contributed by atoms with van der Waals surface area (Å²) in [5.41, 5.74) is 6.38. The fraction of sp³-hybridized carbons (Fsp3) is 0.0526. The SMILES string of the molecule is N#C/C(=C/c1cc(Br)c(OCc2ccccc2C#N)c(Br)c1)C(=O)NC(N)=O. The van der Waals surface area contributed by atoms with Gasteiger partial charge in [-0.05, 0) is 61.7 Å². The number of urea groups is 1. The summed E-state index contributed by atoms with van der Waals surface area (Å²) in [4.78, 5) is 22.5. The highest BCUT2D eigenvalue weighted by molar-refractivity contribution is 9.11. The predicted octanol–water partition coefficient (Wildman–Crippen LogP) is 3.76. The Morgan fingerprint density at radius 3 is 2.39 bits per heavy atom. The molecule has 0 bridgehead atoms. The fourth-order valence-electron chi connectivity index (χ4n) is 2.20. The number of carbonyl (C=O) groups is 2. The molecule has 9 heteroatoms. The van der Waals surface area contributed by atoms with Crippen LogP contribution in [-0.2, 0) is 11.4 Å². The summed E-state index contributed by atoms with van der Waals surface area (Å²) < 4.78 is 6.94. The second kappa shape index (κ2) is 9.70. The van der Waals surface area contributed by atoms with Gasteiger partial charge in [-0.25, -0.2) is 4.79 Å². The monoisotopic (exact) mass is 502 g/mol. The zero-order chi connectivity index (χ0) is 20.7. The first-order chi connectivity index (χ1) is 13.3. The van der Waals surface area contributed by atoms with E-state index in [1.807, 2.05) is 11.4 Å². The molecule has 7 nitrogen and oxygen atoms in total. The van der Waals surface area contributed by atoms with Crippen LogP contribution in [0.3, 0.4) is 0 Å². The lowest BCUT2D eigenvalue weighted by Gasteiger charge is -2.12. The summed E-state index contributed by atoms with van der Waals surface area (Å²) in [6.45, 7) is 0.181. The van der Waals surface area contributed by atoms with Crippen molar-refractivity contribution in [3.63, 3.8) is 0 Å². The van der Waals surface area contributed by atoms with Crippen molar-refractivity contribution in [2.24, 2.45) is 5.73 Å². The molecule has 2 rings (SSSR count). The van der Waals surface area contributed by atoms with Crippen molar-refractivity contribution >= 4 is 49.9 Å². The van der Waals surface area contributed by atoms with Crippen LogP contribution < -0.4 is 15.8 Å². The van der Waals surface area contributed by atoms with Crippen molar-refractivity contribution in [2.45, 2.75) is 6.61 Å². The van der Waals surface area contributed by atoms with Crippen molar-refractivity contribution < 1.29 is 14.3 Å². The first kappa shape index (κ1) is 21.2. The maximum absolute atomic E-state index is 11.8. The molecule has 0 aliphatic carbocycles. The van der Waals surface area contributed by atoms with Gasteiger partial charge in [-0.15, -0.1) is 0 Å². The van der Waals surface area contributed by atoms with Crippen LogP contribution in [-0.4, -0.2) is 11.9 Å². The van der Waals surface area contributed by atoms with Crippen LogP contribution >= 0.6 is 31.9 Å². The van der Waals surface area contributed by atoms with E-state index in [1.54, 1.807) is 36.4 Å². The molecular formula is C19H12Br2N4O3. The Morgan fingerprint density at radius 2 is 1.82 bits per heavy atom. The summed E-state index contributed by atoms with van der Waals surface area (Å²) >= 11 is 6.78. The van der Waals surface area contributed by atoms with Crippen LogP contribution in [0.1, 0.15) is 16.7 Å². The molecule has 0 fully saturated rings. The molecule has 0 radical (unpaired) electrons. The van der Waals surface area contributed by atoms with Gasteiger partial charge in [0, 0.05) is 5.56 Å². The van der Waals surface area contributed by atoms with Crippen molar-refractivity contribution in [3.05, 3.63) is 67.6 Å². The van der Waals surface area contributed by atoms with Gasteiger partial charge in [0.15, 0.2) is 0 Å². The summed E-state index contributed by atoms with van der Waals surface area (Å²) in [5, 5.41) is 20.1. The van der Waals surface area contributed by atoms with Gasteiger partial charge in [0.1, 0.15) is 24.0 Å². The van der Waals surface area contributed by atoms with Gasteiger partial charge in [0.25, 0.3) is 5.91 Å². The van der Waals surface area contributed by atoms with Gasteiger partial charge in [-0.3, -0.25) is 10.1 Å². The molecule has 0 aliphatic heterocycles. The lowest BCUT2D eigenvalue weighted by atomic mass is 10.1. The van der Waals surface area contributed by atoms with Crippen molar-refractivity contribution in [3.8, 4) is 17.9 Å². The van der Waals surface area contributed by atoms with Gasteiger partial charge in [-0.1, -0.05) is 18.2 Å². The number of imide groups is 1. The number of rotatable bonds is 5. The number of nitrogens with one attached hydrogen (secondary N) is 1. The van der Waals surface area contributed by atoms with E-state index in [0.29, 0.717) is 25.8 Å². The van der Waals surface area contributed by atoms with E-state index in [2.05, 4.69) is 37.9 Å². The van der Waals surface area contributed by atoms with Crippen LogP contribution in [0, 0.1) is 22.7 Å². The third kappa shape index (κ3) is 5.43. The molecule has 0 unspecified atom stereocenters. The molecule has 0 saturated heterocycles. The van der Waals surface area contributed by atoms with E-state index in [1.165, 1.54) is 6.08 Å². The molecule has 140 valence electrons. The molecule has 0 aliphatic rings. The maximum Gasteiger partial charge on any atom is 0.319 e. The molecule has 2 aromatic rings. The van der Waals surface area contributed by atoms with E-state index in [-0.39, 0.29) is 12.2 Å². The summed E-state index contributed by atoms with van der Waals surface area (Å²) in [6, 6.07) is 13.2. The first-order valence-electron chi connectivity index (χ1n) is 7.68. The third-order valence-electron chi connectivity index (χ3n) is 3.44. The number of nitrogens with two attached hydrogens (primary N) is 1. The van der Waals surface area contributed by atoms with Crippen molar-refractivity contribution in [1.29, 1.82) is 10.5 Å². The zero-order valence-electron chi connectivity index (χ0n) is 14.2. The van der Waals surface area contributed by atoms with E-state index in [9.17, 15) is 9.59 Å². The molecule has 0 heterocycles. The smallest absolute Gasteiger partial charge is 0.319 e. The number of benzene rings is 2. The Kier molecular flexibility index (Phi) is 7.33. The summed E-state index contributed by atoms with van der Waals surface area (Å²) in [5.74, 6) is -0.402. The van der Waals surface area contributed by atoms with Crippen LogP contribution in [0.25, 0.3) is 6.08 Å². The molecule has 3 amide bonds. The maximum atomic E-state index is 11.8. The Hall–Kier alpha value is -3.14. The molecule has 3 N–H and O–H groups in total. The number of amides is 3. The van der Waals surface area contributed by atoms with E-state index < -0.39 is 11.9 Å². The quantitative estimate of drug-likeness (QED) is 0.474. The molecule has 0 saturated carbocycles. The lowest BCUT2D eigenvalue weighted by molar-refractivity contribution is -0.115. The predicted molar refractivity (Wildman–Crippen MR) is 109 cm³/mol. The van der Waals surface area contributed by atoms with Crippen LogP contribution in [0.15, 0.2) is 50.9 Å². The molecule has 2 aromatic carbocycles. The van der Waals surface area contributed by atoms with Crippen LogP contribution in [0.5, 0.6) is 5.75 Å². The number of carbonyl (C=O) groups excluding carboxylic acids is 2. The second-order valence-electron chi connectivity index (χ2n) is 5.36. The first-order valence-corrected chi connectivity index (χ1v) is 9.26. The van der Waals surface area contributed by atoms with E-state index >= 15 is 0 Å². The van der Waals surface area contributed by atoms with Crippen molar-refractivity contribution in [1.82, 2.24) is 5.32 Å². The van der Waals surface area contributed by atoms with Gasteiger partial charge >= 0.3 is 6.03 Å². The number of halogens is 2. The topological polar surface area (TPSA) is 129 Å². The number of hydrogen-bond acceptors (Lipinski definition) is 5. The van der Waals surface area contributed by atoms with Crippen LogP contribution in [0.4, 0.5) is 4.79 Å².